The highest BCUT2D eigenvalue weighted by molar-refractivity contribution is 6.64. The van der Waals surface area contributed by atoms with Crippen LogP contribution in [0.1, 0.15) is 32.1 Å². The third kappa shape index (κ3) is 1.94. The molecule has 2 fully saturated rings. The van der Waals surface area contributed by atoms with Gasteiger partial charge in [-0.2, -0.15) is 0 Å². The summed E-state index contributed by atoms with van der Waals surface area (Å²) in [4.78, 5) is 0. The summed E-state index contributed by atoms with van der Waals surface area (Å²) < 4.78 is 2.37. The lowest BCUT2D eigenvalue weighted by Gasteiger charge is -2.21. The summed E-state index contributed by atoms with van der Waals surface area (Å²) >= 11 is 6.23. The molecule has 1 nitrogen and oxygen atoms in total. The highest BCUT2D eigenvalue weighted by Gasteiger charge is 2.30. The predicted octanol–water partition coefficient (Wildman–Crippen LogP) is -0.766. The molecule has 0 spiro atoms. The molecule has 3 heteroatoms. The smallest absolute Gasteiger partial charge is 0.248 e. The Balaban J connectivity index is 0.000000720. The number of halogens is 2. The molecular weight excluding hydrogens is 193 g/mol. The molecule has 2 rings (SSSR count). The second-order valence-electron chi connectivity index (χ2n) is 3.64. The van der Waals surface area contributed by atoms with Gasteiger partial charge in [0, 0.05) is 12.8 Å². The van der Waals surface area contributed by atoms with E-state index in [1.54, 1.807) is 0 Å². The van der Waals surface area contributed by atoms with Gasteiger partial charge in [0.05, 0.1) is 5.92 Å². The van der Waals surface area contributed by atoms with Gasteiger partial charge in [0.25, 0.3) is 0 Å². The monoisotopic (exact) mass is 207 g/mol. The predicted molar refractivity (Wildman–Crippen MR) is 47.4 cm³/mol. The maximum absolute atomic E-state index is 6.23. The zero-order valence-corrected chi connectivity index (χ0v) is 8.74. The van der Waals surface area contributed by atoms with Gasteiger partial charge >= 0.3 is 0 Å². The topological polar surface area (TPSA) is 3.01 Å². The fourth-order valence-electron chi connectivity index (χ4n) is 1.84. The van der Waals surface area contributed by atoms with Gasteiger partial charge in [-0.3, -0.25) is 0 Å². The summed E-state index contributed by atoms with van der Waals surface area (Å²) in [6.07, 6.45) is 6.71. The Morgan fingerprint density at radius 3 is 2.08 bits per heavy atom. The fourth-order valence-corrected chi connectivity index (χ4v) is 2.22. The van der Waals surface area contributed by atoms with Crippen LogP contribution in [0.25, 0.3) is 0 Å². The van der Waals surface area contributed by atoms with Gasteiger partial charge in [-0.05, 0) is 24.4 Å². The molecule has 0 amide bonds. The molecule has 0 N–H and O–H groups in total. The number of hydrogen-bond donors (Lipinski definition) is 0. The van der Waals surface area contributed by atoms with Crippen molar-refractivity contribution in [1.82, 2.24) is 0 Å². The molecule has 1 aliphatic heterocycles. The fraction of sp³-hybridized carbons (Fsp3) is 0.889. The van der Waals surface area contributed by atoms with Crippen LogP contribution in [0, 0.1) is 5.92 Å². The molecule has 0 bridgehead atoms. The van der Waals surface area contributed by atoms with Crippen molar-refractivity contribution in [3.05, 3.63) is 0 Å². The molecule has 0 aromatic heterocycles. The summed E-state index contributed by atoms with van der Waals surface area (Å²) in [6.45, 7) is 2.41. The van der Waals surface area contributed by atoms with Crippen molar-refractivity contribution in [1.29, 1.82) is 0 Å². The Morgan fingerprint density at radius 2 is 1.67 bits per heavy atom. The van der Waals surface area contributed by atoms with E-state index in [0.717, 1.165) is 11.1 Å². The number of nitrogens with zero attached hydrogens (tertiary/aromatic N) is 1. The second kappa shape index (κ2) is 4.48. The van der Waals surface area contributed by atoms with Crippen LogP contribution in [0.15, 0.2) is 0 Å². The minimum atomic E-state index is 0. The molecule has 1 aliphatic carbocycles. The molecule has 0 unspecified atom stereocenters. The van der Waals surface area contributed by atoms with E-state index in [4.69, 9.17) is 11.6 Å². The van der Waals surface area contributed by atoms with E-state index in [2.05, 4.69) is 4.58 Å². The van der Waals surface area contributed by atoms with E-state index in [1.165, 1.54) is 45.2 Å². The molecule has 0 atom stereocenters. The molecule has 70 valence electrons. The standard InChI is InChI=1S/C9H15ClN.ClH/c10-9(8-4-3-5-8)11-6-1-2-7-11;/h8H,1-7H2;1H/q+1;/p-1. The van der Waals surface area contributed by atoms with Gasteiger partial charge in [0.2, 0.25) is 5.17 Å². The molecule has 12 heavy (non-hydrogen) atoms. The maximum atomic E-state index is 6.23. The van der Waals surface area contributed by atoms with Crippen LogP contribution in [0.3, 0.4) is 0 Å². The van der Waals surface area contributed by atoms with E-state index in [9.17, 15) is 0 Å². The SMILES string of the molecule is ClC(C1CCC1)=[N+]1CCCC1.[Cl-]. The van der Waals surface area contributed by atoms with Gasteiger partial charge < -0.3 is 12.4 Å². The Kier molecular flexibility index (Phi) is 3.85. The van der Waals surface area contributed by atoms with Crippen LogP contribution in [-0.4, -0.2) is 22.8 Å². The van der Waals surface area contributed by atoms with Gasteiger partial charge in [0.1, 0.15) is 13.1 Å². The van der Waals surface area contributed by atoms with Gasteiger partial charge in [-0.1, -0.05) is 6.42 Å². The van der Waals surface area contributed by atoms with Gasteiger partial charge in [-0.15, -0.1) is 0 Å². The van der Waals surface area contributed by atoms with E-state index >= 15 is 0 Å². The lowest BCUT2D eigenvalue weighted by atomic mass is 9.86. The average molecular weight is 208 g/mol. The van der Waals surface area contributed by atoms with Crippen molar-refractivity contribution < 1.29 is 17.0 Å². The second-order valence-corrected chi connectivity index (χ2v) is 4.03. The first-order valence-electron chi connectivity index (χ1n) is 4.65. The lowest BCUT2D eigenvalue weighted by molar-refractivity contribution is -0.506. The van der Waals surface area contributed by atoms with Crippen LogP contribution < -0.4 is 12.4 Å². The Labute approximate surface area is 85.2 Å². The molecule has 0 aromatic carbocycles. The number of rotatable bonds is 1. The minimum absolute atomic E-state index is 0. The van der Waals surface area contributed by atoms with Crippen LogP contribution in [-0.2, 0) is 0 Å². The highest BCUT2D eigenvalue weighted by atomic mass is 35.5. The van der Waals surface area contributed by atoms with Gasteiger partial charge in [0.15, 0.2) is 0 Å². The molecule has 1 saturated carbocycles. The van der Waals surface area contributed by atoms with E-state index in [-0.39, 0.29) is 12.4 Å². The summed E-state index contributed by atoms with van der Waals surface area (Å²) in [6, 6.07) is 0. The van der Waals surface area contributed by atoms with Crippen molar-refractivity contribution in [2.24, 2.45) is 5.92 Å². The third-order valence-corrected chi connectivity index (χ3v) is 3.40. The zero-order chi connectivity index (χ0) is 7.68. The van der Waals surface area contributed by atoms with Crippen molar-refractivity contribution in [3.63, 3.8) is 0 Å². The molecule has 0 aromatic rings. The van der Waals surface area contributed by atoms with Crippen LogP contribution >= 0.6 is 11.6 Å². The van der Waals surface area contributed by atoms with Crippen molar-refractivity contribution in [3.8, 4) is 0 Å². The Morgan fingerprint density at radius 1 is 1.08 bits per heavy atom. The average Bonchev–Trinajstić information content (AvgIpc) is 2.32. The molecular formula is C9H15Cl2N. The molecule has 2 aliphatic rings. The third-order valence-electron chi connectivity index (χ3n) is 2.85. The largest absolute Gasteiger partial charge is 1.00 e. The Hall–Kier alpha value is 0.250. The first kappa shape index (κ1) is 10.3. The van der Waals surface area contributed by atoms with Crippen molar-refractivity contribution in [2.75, 3.05) is 13.1 Å². The number of hydrogen-bond acceptors (Lipinski definition) is 0. The molecule has 1 heterocycles. The maximum Gasteiger partial charge on any atom is 0.248 e. The first-order chi connectivity index (χ1) is 5.38. The minimum Gasteiger partial charge on any atom is -1.00 e. The highest BCUT2D eigenvalue weighted by Crippen LogP contribution is 2.29. The Bertz CT molecular complexity index is 177. The molecule has 0 radical (unpaired) electrons. The lowest BCUT2D eigenvalue weighted by Crippen LogP contribution is -3.00. The van der Waals surface area contributed by atoms with Crippen molar-refractivity contribution in [2.45, 2.75) is 32.1 Å². The summed E-state index contributed by atoms with van der Waals surface area (Å²) in [7, 11) is 0. The summed E-state index contributed by atoms with van der Waals surface area (Å²) in [5, 5.41) is 1.16. The van der Waals surface area contributed by atoms with E-state index in [0.29, 0.717) is 0 Å². The van der Waals surface area contributed by atoms with E-state index < -0.39 is 0 Å². The van der Waals surface area contributed by atoms with E-state index in [1.807, 2.05) is 0 Å². The van der Waals surface area contributed by atoms with Gasteiger partial charge in [-0.25, -0.2) is 4.58 Å². The zero-order valence-electron chi connectivity index (χ0n) is 7.23. The van der Waals surface area contributed by atoms with Crippen molar-refractivity contribution >= 4 is 16.8 Å². The molecule has 1 saturated heterocycles. The normalized spacial score (nSPS) is 23.2. The quantitative estimate of drug-likeness (QED) is 0.498. The van der Waals surface area contributed by atoms with Crippen LogP contribution in [0.2, 0.25) is 0 Å². The van der Waals surface area contributed by atoms with Crippen LogP contribution in [0.4, 0.5) is 0 Å². The summed E-state index contributed by atoms with van der Waals surface area (Å²) in [5.41, 5.74) is 0. The first-order valence-corrected chi connectivity index (χ1v) is 5.03. The van der Waals surface area contributed by atoms with Crippen LogP contribution in [0.5, 0.6) is 0 Å². The summed E-state index contributed by atoms with van der Waals surface area (Å²) in [5.74, 6) is 0.731.